The number of benzene rings is 2. The second-order valence-electron chi connectivity index (χ2n) is 7.10. The van der Waals surface area contributed by atoms with Crippen LogP contribution < -0.4 is 15.4 Å². The first-order chi connectivity index (χ1) is 13.4. The van der Waals surface area contributed by atoms with Crippen molar-refractivity contribution in [3.63, 3.8) is 0 Å². The highest BCUT2D eigenvalue weighted by molar-refractivity contribution is 7.92. The molecule has 1 fully saturated rings. The smallest absolute Gasteiger partial charge is 0.229 e. The summed E-state index contributed by atoms with van der Waals surface area (Å²) in [7, 11) is -3.39. The van der Waals surface area contributed by atoms with Gasteiger partial charge in [0.05, 0.1) is 28.8 Å². The van der Waals surface area contributed by atoms with Crippen molar-refractivity contribution in [2.45, 2.75) is 12.8 Å². The Hall–Kier alpha value is -3.00. The largest absolute Gasteiger partial charge is 0.399 e. The van der Waals surface area contributed by atoms with Crippen molar-refractivity contribution in [3.05, 3.63) is 47.7 Å². The van der Waals surface area contributed by atoms with Gasteiger partial charge in [-0.15, -0.1) is 0 Å². The molecule has 1 aliphatic heterocycles. The summed E-state index contributed by atoms with van der Waals surface area (Å²) in [4.78, 5) is 2.20. The highest BCUT2D eigenvalue weighted by atomic mass is 32.2. The average Bonchev–Trinajstić information content (AvgIpc) is 3.28. The normalized spacial score (nSPS) is 15.0. The summed E-state index contributed by atoms with van der Waals surface area (Å²) in [5, 5.41) is 8.32. The highest BCUT2D eigenvalue weighted by Crippen LogP contribution is 2.34. The van der Waals surface area contributed by atoms with Crippen LogP contribution in [0, 0.1) is 0 Å². The van der Waals surface area contributed by atoms with E-state index in [1.807, 2.05) is 48.6 Å². The summed E-state index contributed by atoms with van der Waals surface area (Å²) in [5.41, 5.74) is 10.6. The topological polar surface area (TPSA) is 104 Å². The van der Waals surface area contributed by atoms with E-state index in [-0.39, 0.29) is 0 Å². The van der Waals surface area contributed by atoms with Gasteiger partial charge >= 0.3 is 0 Å². The van der Waals surface area contributed by atoms with E-state index in [9.17, 15) is 8.42 Å². The van der Waals surface area contributed by atoms with Crippen molar-refractivity contribution in [1.29, 1.82) is 0 Å². The fourth-order valence-corrected chi connectivity index (χ4v) is 4.10. The average molecular weight is 398 g/mol. The zero-order valence-corrected chi connectivity index (χ0v) is 16.5. The van der Waals surface area contributed by atoms with Gasteiger partial charge in [0.1, 0.15) is 0 Å². The predicted molar refractivity (Wildman–Crippen MR) is 116 cm³/mol. The van der Waals surface area contributed by atoms with Gasteiger partial charge in [0.15, 0.2) is 0 Å². The minimum absolute atomic E-state index is 0.580. The Kier molecular flexibility index (Phi) is 4.72. The molecule has 0 amide bonds. The molecule has 28 heavy (non-hydrogen) atoms. The van der Waals surface area contributed by atoms with Crippen molar-refractivity contribution in [2.24, 2.45) is 0 Å². The molecule has 1 aliphatic rings. The van der Waals surface area contributed by atoms with Crippen LogP contribution in [0.5, 0.6) is 0 Å². The molecule has 146 valence electrons. The van der Waals surface area contributed by atoms with E-state index in [0.29, 0.717) is 11.4 Å². The number of sulfonamides is 1. The molecule has 2 heterocycles. The lowest BCUT2D eigenvalue weighted by molar-refractivity contribution is 0.607. The molecule has 0 radical (unpaired) electrons. The summed E-state index contributed by atoms with van der Waals surface area (Å²) >= 11 is 0. The minimum Gasteiger partial charge on any atom is -0.399 e. The number of nitrogens with one attached hydrogen (secondary N) is 2. The third kappa shape index (κ3) is 3.96. The summed E-state index contributed by atoms with van der Waals surface area (Å²) in [6.07, 6.45) is 7.21. The number of hydrogen-bond donors (Lipinski definition) is 3. The fraction of sp³-hybridized carbons (Fsp3) is 0.250. The van der Waals surface area contributed by atoms with Crippen LogP contribution in [0.25, 0.3) is 23.1 Å². The van der Waals surface area contributed by atoms with Crippen LogP contribution in [-0.2, 0) is 10.0 Å². The van der Waals surface area contributed by atoms with Gasteiger partial charge in [0.25, 0.3) is 0 Å². The number of nitrogens with two attached hydrogens (primary N) is 1. The molecule has 1 saturated heterocycles. The van der Waals surface area contributed by atoms with Gasteiger partial charge in [-0.3, -0.25) is 9.82 Å². The van der Waals surface area contributed by atoms with E-state index >= 15 is 0 Å². The standard InChI is InChI=1S/C20H23N5O2S/c1-28(26,27)24-19-12-16-17(8-7-14-5-4-6-15(21)11-14)22-23-18(16)13-20(19)25-9-2-3-10-25/h4-8,11-13,24H,2-3,9-10,21H2,1H3,(H,22,23). The molecule has 0 spiro atoms. The molecular formula is C20H23N5O2S. The van der Waals surface area contributed by atoms with E-state index in [1.54, 1.807) is 0 Å². The Morgan fingerprint density at radius 2 is 1.96 bits per heavy atom. The minimum atomic E-state index is -3.39. The fourth-order valence-electron chi connectivity index (χ4n) is 3.54. The summed E-state index contributed by atoms with van der Waals surface area (Å²) in [5.74, 6) is 0. The number of anilines is 3. The Morgan fingerprint density at radius 1 is 1.18 bits per heavy atom. The molecule has 4 N–H and O–H groups in total. The molecule has 4 rings (SSSR count). The van der Waals surface area contributed by atoms with Crippen LogP contribution in [-0.4, -0.2) is 38.0 Å². The van der Waals surface area contributed by atoms with E-state index in [1.165, 1.54) is 6.26 Å². The van der Waals surface area contributed by atoms with Crippen LogP contribution in [0.3, 0.4) is 0 Å². The molecule has 3 aromatic rings. The Bertz CT molecular complexity index is 1140. The summed E-state index contributed by atoms with van der Waals surface area (Å²) in [6.45, 7) is 1.83. The number of aromatic amines is 1. The molecule has 0 saturated carbocycles. The van der Waals surface area contributed by atoms with Crippen LogP contribution in [0.4, 0.5) is 17.1 Å². The molecule has 1 aromatic heterocycles. The number of nitrogens with zero attached hydrogens (tertiary/aromatic N) is 2. The maximum atomic E-state index is 11.9. The SMILES string of the molecule is CS(=O)(=O)Nc1cc2c(C=Cc3cccc(N)c3)n[nH]c2cc1N1CCCC1. The second kappa shape index (κ2) is 7.20. The first-order valence-electron chi connectivity index (χ1n) is 9.17. The van der Waals surface area contributed by atoms with Crippen molar-refractivity contribution in [2.75, 3.05) is 34.7 Å². The zero-order valence-electron chi connectivity index (χ0n) is 15.6. The Morgan fingerprint density at radius 3 is 2.68 bits per heavy atom. The van der Waals surface area contributed by atoms with Gasteiger partial charge in [0, 0.05) is 24.2 Å². The molecule has 7 nitrogen and oxygen atoms in total. The third-order valence-corrected chi connectivity index (χ3v) is 5.39. The van der Waals surface area contributed by atoms with Gasteiger partial charge in [-0.25, -0.2) is 8.42 Å². The molecule has 0 bridgehead atoms. The zero-order chi connectivity index (χ0) is 19.7. The second-order valence-corrected chi connectivity index (χ2v) is 8.84. The van der Waals surface area contributed by atoms with Crippen molar-refractivity contribution < 1.29 is 8.42 Å². The van der Waals surface area contributed by atoms with E-state index in [0.717, 1.165) is 53.8 Å². The lowest BCUT2D eigenvalue weighted by Crippen LogP contribution is -2.20. The summed E-state index contributed by atoms with van der Waals surface area (Å²) in [6, 6.07) is 11.4. The predicted octanol–water partition coefficient (Wildman–Crippen LogP) is 3.29. The van der Waals surface area contributed by atoms with E-state index < -0.39 is 10.0 Å². The van der Waals surface area contributed by atoms with Crippen molar-refractivity contribution in [3.8, 4) is 0 Å². The first kappa shape index (κ1) is 18.4. The monoisotopic (exact) mass is 397 g/mol. The molecule has 0 aliphatic carbocycles. The van der Waals surface area contributed by atoms with E-state index in [2.05, 4.69) is 19.8 Å². The van der Waals surface area contributed by atoms with Gasteiger partial charge < -0.3 is 10.6 Å². The molecule has 2 aromatic carbocycles. The molecule has 0 atom stereocenters. The number of fused-ring (bicyclic) bond motifs is 1. The van der Waals surface area contributed by atoms with Gasteiger partial charge in [-0.1, -0.05) is 18.2 Å². The van der Waals surface area contributed by atoms with Gasteiger partial charge in [-0.05, 0) is 48.7 Å². The van der Waals surface area contributed by atoms with Crippen LogP contribution in [0.2, 0.25) is 0 Å². The number of rotatable bonds is 5. The van der Waals surface area contributed by atoms with Gasteiger partial charge in [0.2, 0.25) is 10.0 Å². The maximum Gasteiger partial charge on any atom is 0.229 e. The third-order valence-electron chi connectivity index (χ3n) is 4.80. The maximum absolute atomic E-state index is 11.9. The lowest BCUT2D eigenvalue weighted by Gasteiger charge is -2.21. The number of H-pyrrole nitrogens is 1. The van der Waals surface area contributed by atoms with Crippen LogP contribution in [0.15, 0.2) is 36.4 Å². The summed E-state index contributed by atoms with van der Waals surface area (Å²) < 4.78 is 26.4. The molecule has 0 unspecified atom stereocenters. The van der Waals surface area contributed by atoms with Crippen molar-refractivity contribution >= 4 is 50.1 Å². The van der Waals surface area contributed by atoms with Crippen molar-refractivity contribution in [1.82, 2.24) is 10.2 Å². The number of aromatic nitrogens is 2. The quantitative estimate of drug-likeness (QED) is 0.573. The number of nitrogen functional groups attached to an aromatic ring is 1. The number of hydrogen-bond acceptors (Lipinski definition) is 5. The molecular weight excluding hydrogens is 374 g/mol. The van der Waals surface area contributed by atoms with Gasteiger partial charge in [-0.2, -0.15) is 5.10 Å². The van der Waals surface area contributed by atoms with Crippen LogP contribution in [0.1, 0.15) is 24.1 Å². The highest BCUT2D eigenvalue weighted by Gasteiger charge is 2.19. The Balaban J connectivity index is 1.76. The van der Waals surface area contributed by atoms with Crippen LogP contribution >= 0.6 is 0 Å². The lowest BCUT2D eigenvalue weighted by atomic mass is 10.1. The molecule has 8 heteroatoms. The Labute approximate surface area is 164 Å². The van der Waals surface area contributed by atoms with E-state index in [4.69, 9.17) is 5.73 Å². The first-order valence-corrected chi connectivity index (χ1v) is 11.1.